The predicted octanol–water partition coefficient (Wildman–Crippen LogP) is 7.44. The normalized spacial score (nSPS) is 25.4. The molecule has 47 heavy (non-hydrogen) atoms. The number of alkyl halides is 1. The number of amides is 3. The van der Waals surface area contributed by atoms with Crippen molar-refractivity contribution in [3.8, 4) is 6.07 Å². The largest absolute Gasteiger partial charge is 0.391 e. The van der Waals surface area contributed by atoms with Crippen LogP contribution in [0.5, 0.6) is 0 Å². The second-order valence-electron chi connectivity index (χ2n) is 14.2. The zero-order valence-corrected chi connectivity index (χ0v) is 30.9. The van der Waals surface area contributed by atoms with Crippen LogP contribution in [0.2, 0.25) is 0 Å². The first-order chi connectivity index (χ1) is 22.6. The van der Waals surface area contributed by atoms with E-state index in [0.29, 0.717) is 12.8 Å². The lowest BCUT2D eigenvalue weighted by Crippen LogP contribution is -2.59. The fourth-order valence-electron chi connectivity index (χ4n) is 6.98. The molecule has 11 heteroatoms. The maximum Gasteiger partial charge on any atom is 0.315 e. The molecule has 0 aromatic carbocycles. The molecule has 2 saturated carbocycles. The lowest BCUT2D eigenvalue weighted by atomic mass is 9.87. The van der Waals surface area contributed by atoms with Gasteiger partial charge in [0.15, 0.2) is 9.84 Å². The first-order valence-electron chi connectivity index (χ1n) is 18.9. The third kappa shape index (κ3) is 16.6. The van der Waals surface area contributed by atoms with Crippen molar-refractivity contribution in [2.45, 2.75) is 196 Å². The summed E-state index contributed by atoms with van der Waals surface area (Å²) in [5, 5.41) is 26.8. The van der Waals surface area contributed by atoms with E-state index < -0.39 is 44.6 Å². The van der Waals surface area contributed by atoms with E-state index in [9.17, 15) is 23.1 Å². The van der Waals surface area contributed by atoms with E-state index in [4.69, 9.17) is 16.9 Å². The summed E-state index contributed by atoms with van der Waals surface area (Å²) < 4.78 is 26.7. The molecule has 3 amide bonds. The number of urea groups is 1. The van der Waals surface area contributed by atoms with Gasteiger partial charge < -0.3 is 21.1 Å². The quantitative estimate of drug-likeness (QED) is 0.0643. The zero-order valence-electron chi connectivity index (χ0n) is 29.3. The number of unbranched alkanes of at least 4 members (excludes halogenated alkanes) is 14. The zero-order chi connectivity index (χ0) is 34.5. The van der Waals surface area contributed by atoms with Gasteiger partial charge in [0.1, 0.15) is 5.25 Å². The number of nitriles is 1. The molecule has 272 valence electrons. The van der Waals surface area contributed by atoms with Crippen LogP contribution in [0, 0.1) is 17.2 Å². The van der Waals surface area contributed by atoms with Crippen LogP contribution in [0.25, 0.3) is 0 Å². The van der Waals surface area contributed by atoms with Crippen LogP contribution in [0.4, 0.5) is 4.79 Å². The summed E-state index contributed by atoms with van der Waals surface area (Å²) in [5.74, 6) is -0.492. The Morgan fingerprint density at radius 3 is 1.83 bits per heavy atom. The predicted molar refractivity (Wildman–Crippen MR) is 191 cm³/mol. The van der Waals surface area contributed by atoms with Gasteiger partial charge in [-0.1, -0.05) is 110 Å². The maximum absolute atomic E-state index is 13.4. The van der Waals surface area contributed by atoms with Crippen LogP contribution in [0.15, 0.2) is 0 Å². The Hall–Kier alpha value is -1.57. The van der Waals surface area contributed by atoms with E-state index >= 15 is 0 Å². The average Bonchev–Trinajstić information content (AvgIpc) is 3.04. The Morgan fingerprint density at radius 2 is 1.30 bits per heavy atom. The van der Waals surface area contributed by atoms with Crippen molar-refractivity contribution in [1.82, 2.24) is 16.0 Å². The molecule has 0 bridgehead atoms. The number of sulfone groups is 1. The van der Waals surface area contributed by atoms with E-state index in [1.165, 1.54) is 64.2 Å². The number of rotatable bonds is 23. The number of nitrogens with zero attached hydrogens (tertiary/aromatic N) is 1. The minimum atomic E-state index is -3.64. The van der Waals surface area contributed by atoms with Crippen molar-refractivity contribution in [2.24, 2.45) is 5.92 Å². The average molecular weight is 701 g/mol. The van der Waals surface area contributed by atoms with Crippen LogP contribution in [0.3, 0.4) is 0 Å². The van der Waals surface area contributed by atoms with Gasteiger partial charge in [0.05, 0.1) is 29.3 Å². The number of halogens is 1. The first-order valence-corrected chi connectivity index (χ1v) is 21.1. The SMILES string of the molecule is CCCCCCCCCCCCCCCCS(=O)(=O)C(CCCC)C(=O)NC1CC(O)C(NC(=O)NC2CCC(C#N)CC2)CC1Cl. The highest BCUT2D eigenvalue weighted by molar-refractivity contribution is 7.92. The Labute approximate surface area is 291 Å². The number of nitrogens with one attached hydrogen (secondary N) is 3. The number of carbonyl (C=O) groups is 2. The molecule has 0 heterocycles. The van der Waals surface area contributed by atoms with Crippen LogP contribution < -0.4 is 16.0 Å². The summed E-state index contributed by atoms with van der Waals surface area (Å²) in [7, 11) is -3.64. The lowest BCUT2D eigenvalue weighted by Gasteiger charge is -2.38. The fraction of sp³-hybridized carbons (Fsp3) is 0.917. The molecule has 2 aliphatic carbocycles. The van der Waals surface area contributed by atoms with Gasteiger partial charge in [-0.2, -0.15) is 5.26 Å². The number of aliphatic hydroxyl groups is 1. The summed E-state index contributed by atoms with van der Waals surface area (Å²) in [6.07, 6.45) is 20.8. The van der Waals surface area contributed by atoms with Crippen LogP contribution >= 0.6 is 11.6 Å². The van der Waals surface area contributed by atoms with Crippen LogP contribution in [-0.2, 0) is 14.6 Å². The summed E-state index contributed by atoms with van der Waals surface area (Å²) in [6, 6.07) is 0.719. The standard InChI is InChI=1S/C36H65ClN4O5S/c1-3-5-7-8-9-10-11-12-13-14-15-16-17-18-24-47(45,46)34(19-6-4-2)35(43)40-31-26-33(42)32(25-30(31)37)41-36(44)39-29-22-20-28(27-38)21-23-29/h28-34,42H,3-26H2,1-2H3,(H,40,43)(H2,39,41,44). The molecule has 0 radical (unpaired) electrons. The van der Waals surface area contributed by atoms with Gasteiger partial charge in [-0.25, -0.2) is 13.2 Å². The molecule has 2 fully saturated rings. The third-order valence-corrected chi connectivity index (χ3v) is 12.7. The van der Waals surface area contributed by atoms with E-state index in [1.807, 2.05) is 6.92 Å². The van der Waals surface area contributed by atoms with Crippen molar-refractivity contribution in [3.63, 3.8) is 0 Å². The van der Waals surface area contributed by atoms with Crippen molar-refractivity contribution in [1.29, 1.82) is 5.26 Å². The first kappa shape index (κ1) is 41.6. The third-order valence-electron chi connectivity index (χ3n) is 10.1. The smallest absolute Gasteiger partial charge is 0.315 e. The summed E-state index contributed by atoms with van der Waals surface area (Å²) >= 11 is 6.64. The molecule has 0 aromatic rings. The van der Waals surface area contributed by atoms with Crippen molar-refractivity contribution >= 4 is 33.4 Å². The van der Waals surface area contributed by atoms with Gasteiger partial charge in [-0.3, -0.25) is 4.79 Å². The molecule has 2 rings (SSSR count). The Morgan fingerprint density at radius 1 is 0.766 bits per heavy atom. The van der Waals surface area contributed by atoms with Crippen LogP contribution in [0.1, 0.15) is 162 Å². The number of hydrogen-bond acceptors (Lipinski definition) is 6. The van der Waals surface area contributed by atoms with Gasteiger partial charge in [-0.15, -0.1) is 11.6 Å². The minimum Gasteiger partial charge on any atom is -0.391 e. The van der Waals surface area contributed by atoms with Gasteiger partial charge in [-0.05, 0) is 51.4 Å². The van der Waals surface area contributed by atoms with Crippen molar-refractivity contribution in [2.75, 3.05) is 5.75 Å². The van der Waals surface area contributed by atoms with E-state index in [1.54, 1.807) is 0 Å². The van der Waals surface area contributed by atoms with E-state index in [-0.39, 0.29) is 43.0 Å². The molecule has 9 nitrogen and oxygen atoms in total. The maximum atomic E-state index is 13.4. The van der Waals surface area contributed by atoms with E-state index in [0.717, 1.165) is 51.4 Å². The summed E-state index contributed by atoms with van der Waals surface area (Å²) in [6.45, 7) is 4.22. The molecule has 0 aromatic heterocycles. The fourth-order valence-corrected chi connectivity index (χ4v) is 9.15. The molecule has 5 unspecified atom stereocenters. The van der Waals surface area contributed by atoms with Crippen LogP contribution in [-0.4, -0.2) is 66.1 Å². The second kappa shape index (κ2) is 23.7. The second-order valence-corrected chi connectivity index (χ2v) is 17.0. The van der Waals surface area contributed by atoms with Gasteiger partial charge in [0.2, 0.25) is 5.91 Å². The molecule has 2 aliphatic rings. The number of hydrogen-bond donors (Lipinski definition) is 4. The number of aliphatic hydroxyl groups excluding tert-OH is 1. The summed E-state index contributed by atoms with van der Waals surface area (Å²) in [5.41, 5.74) is 0. The monoisotopic (exact) mass is 700 g/mol. The highest BCUT2D eigenvalue weighted by atomic mass is 35.5. The Bertz CT molecular complexity index is 1030. The molecular weight excluding hydrogens is 636 g/mol. The highest BCUT2D eigenvalue weighted by Crippen LogP contribution is 2.27. The molecule has 5 atom stereocenters. The topological polar surface area (TPSA) is 148 Å². The van der Waals surface area contributed by atoms with E-state index in [2.05, 4.69) is 28.9 Å². The number of carbonyl (C=O) groups excluding carboxylic acids is 2. The Kier molecular flexibility index (Phi) is 21.0. The van der Waals surface area contributed by atoms with Gasteiger partial charge in [0, 0.05) is 18.0 Å². The van der Waals surface area contributed by atoms with Gasteiger partial charge >= 0.3 is 6.03 Å². The van der Waals surface area contributed by atoms with Gasteiger partial charge in [0.25, 0.3) is 0 Å². The Balaban J connectivity index is 1.72. The molecule has 0 spiro atoms. The molecular formula is C36H65ClN4O5S. The molecule has 0 saturated heterocycles. The molecule has 4 N–H and O–H groups in total. The molecule has 0 aliphatic heterocycles. The summed E-state index contributed by atoms with van der Waals surface area (Å²) in [4.78, 5) is 26.0. The lowest BCUT2D eigenvalue weighted by molar-refractivity contribution is -0.122. The van der Waals surface area contributed by atoms with Crippen molar-refractivity contribution < 1.29 is 23.1 Å². The minimum absolute atomic E-state index is 0.00367. The van der Waals surface area contributed by atoms with Crippen molar-refractivity contribution in [3.05, 3.63) is 0 Å². The highest BCUT2D eigenvalue weighted by Gasteiger charge is 2.40.